The molecule has 6 heteroatoms. The predicted molar refractivity (Wildman–Crippen MR) is 107 cm³/mol. The van der Waals surface area contributed by atoms with Gasteiger partial charge in [-0.15, -0.1) is 11.3 Å². The van der Waals surface area contributed by atoms with Gasteiger partial charge in [0.1, 0.15) is 11.4 Å². The van der Waals surface area contributed by atoms with Crippen LogP contribution >= 0.6 is 11.3 Å². The fourth-order valence-electron chi connectivity index (χ4n) is 2.82. The summed E-state index contributed by atoms with van der Waals surface area (Å²) in [6, 6.07) is 6.17. The molecule has 1 aromatic carbocycles. The molecule has 0 aliphatic rings. The van der Waals surface area contributed by atoms with E-state index in [0.717, 1.165) is 24.0 Å². The maximum absolute atomic E-state index is 13.0. The van der Waals surface area contributed by atoms with E-state index in [1.807, 2.05) is 11.4 Å². The lowest BCUT2D eigenvalue weighted by atomic mass is 10.0. The van der Waals surface area contributed by atoms with Crippen molar-refractivity contribution in [3.05, 3.63) is 51.4 Å². The molecule has 0 aliphatic carbocycles. The first-order valence-corrected chi connectivity index (χ1v) is 9.70. The number of benzene rings is 1. The third-order valence-electron chi connectivity index (χ3n) is 4.55. The quantitative estimate of drug-likeness (QED) is 0.675. The van der Waals surface area contributed by atoms with Gasteiger partial charge in [0.05, 0.1) is 11.7 Å². The van der Waals surface area contributed by atoms with Crippen LogP contribution < -0.4 is 10.9 Å². The van der Waals surface area contributed by atoms with Crippen molar-refractivity contribution < 1.29 is 4.79 Å². The molecule has 0 saturated carbocycles. The lowest BCUT2D eigenvalue weighted by molar-refractivity contribution is -0.121. The molecule has 26 heavy (non-hydrogen) atoms. The number of nitrogens with one attached hydrogen (secondary N) is 1. The first kappa shape index (κ1) is 18.3. The number of hydrogen-bond donors (Lipinski definition) is 1. The molecule has 3 aromatic rings. The lowest BCUT2D eigenvalue weighted by Gasteiger charge is -2.08. The maximum Gasteiger partial charge on any atom is 0.263 e. The van der Waals surface area contributed by atoms with E-state index in [4.69, 9.17) is 0 Å². The molecule has 2 heterocycles. The summed E-state index contributed by atoms with van der Waals surface area (Å²) in [5, 5.41) is 5.39. The van der Waals surface area contributed by atoms with E-state index in [1.54, 1.807) is 0 Å². The number of thiophene rings is 1. The Balaban J connectivity index is 1.96. The van der Waals surface area contributed by atoms with Crippen molar-refractivity contribution in [2.24, 2.45) is 0 Å². The molecule has 5 nitrogen and oxygen atoms in total. The highest BCUT2D eigenvalue weighted by molar-refractivity contribution is 7.17. The number of aryl methyl sites for hydroxylation is 2. The summed E-state index contributed by atoms with van der Waals surface area (Å²) in [6.07, 6.45) is 3.41. The highest BCUT2D eigenvalue weighted by atomic mass is 32.1. The monoisotopic (exact) mass is 369 g/mol. The summed E-state index contributed by atoms with van der Waals surface area (Å²) < 4.78 is 1.39. The Hall–Kier alpha value is -2.47. The summed E-state index contributed by atoms with van der Waals surface area (Å²) in [4.78, 5) is 30.1. The molecule has 0 bridgehead atoms. The zero-order chi connectivity index (χ0) is 18.7. The first-order chi connectivity index (χ1) is 12.5. The van der Waals surface area contributed by atoms with Crippen LogP contribution in [0.25, 0.3) is 21.3 Å². The second-order valence-corrected chi connectivity index (χ2v) is 7.37. The summed E-state index contributed by atoms with van der Waals surface area (Å²) in [7, 11) is 0. The van der Waals surface area contributed by atoms with Crippen LogP contribution in [0.3, 0.4) is 0 Å². The van der Waals surface area contributed by atoms with Crippen molar-refractivity contribution in [1.29, 1.82) is 0 Å². The average molecular weight is 369 g/mol. The van der Waals surface area contributed by atoms with E-state index in [-0.39, 0.29) is 18.0 Å². The molecule has 0 unspecified atom stereocenters. The van der Waals surface area contributed by atoms with Crippen molar-refractivity contribution in [3.63, 3.8) is 0 Å². The van der Waals surface area contributed by atoms with Gasteiger partial charge >= 0.3 is 0 Å². The van der Waals surface area contributed by atoms with E-state index < -0.39 is 0 Å². The molecular formula is C20H23N3O2S. The molecule has 2 aromatic heterocycles. The van der Waals surface area contributed by atoms with Gasteiger partial charge in [-0.2, -0.15) is 0 Å². The molecule has 136 valence electrons. The summed E-state index contributed by atoms with van der Waals surface area (Å²) >= 11 is 1.45. The van der Waals surface area contributed by atoms with Crippen LogP contribution in [-0.4, -0.2) is 22.0 Å². The van der Waals surface area contributed by atoms with Crippen LogP contribution in [0.5, 0.6) is 0 Å². The molecule has 1 amide bonds. The molecule has 1 N–H and O–H groups in total. The molecule has 0 saturated heterocycles. The Bertz CT molecular complexity index is 1000. The molecule has 0 spiro atoms. The number of carbonyl (C=O) groups is 1. The highest BCUT2D eigenvalue weighted by Crippen LogP contribution is 2.31. The Morgan fingerprint density at radius 2 is 2.08 bits per heavy atom. The van der Waals surface area contributed by atoms with Gasteiger partial charge in [0.2, 0.25) is 5.91 Å². The van der Waals surface area contributed by atoms with Crippen LogP contribution in [0.2, 0.25) is 0 Å². The van der Waals surface area contributed by atoms with Gasteiger partial charge in [-0.25, -0.2) is 4.98 Å². The number of fused-ring (bicyclic) bond motifs is 1. The van der Waals surface area contributed by atoms with Crippen molar-refractivity contribution in [2.45, 2.75) is 40.2 Å². The van der Waals surface area contributed by atoms with Gasteiger partial charge in [0.25, 0.3) is 5.56 Å². The summed E-state index contributed by atoms with van der Waals surface area (Å²) in [5.74, 6) is -0.162. The van der Waals surface area contributed by atoms with Gasteiger partial charge < -0.3 is 5.32 Å². The fourth-order valence-corrected chi connectivity index (χ4v) is 3.72. The number of nitrogens with zero attached hydrogens (tertiary/aromatic N) is 2. The minimum Gasteiger partial charge on any atom is -0.355 e. The molecule has 0 fully saturated rings. The van der Waals surface area contributed by atoms with Crippen LogP contribution in [-0.2, 0) is 11.3 Å². The SMILES string of the molecule is CCCCNC(=O)Cn1cnc2scc(-c3ccc(C)c(C)c3)c2c1=O. The number of unbranched alkanes of at least 4 members (excludes halogenated alkanes) is 1. The Morgan fingerprint density at radius 3 is 2.81 bits per heavy atom. The van der Waals surface area contributed by atoms with Crippen molar-refractivity contribution >= 4 is 27.5 Å². The van der Waals surface area contributed by atoms with E-state index in [9.17, 15) is 9.59 Å². The molecule has 0 aliphatic heterocycles. The second kappa shape index (κ2) is 7.83. The Kier molecular flexibility index (Phi) is 5.52. The average Bonchev–Trinajstić information content (AvgIpc) is 3.05. The molecule has 3 rings (SSSR count). The van der Waals surface area contributed by atoms with Crippen molar-refractivity contribution in [2.75, 3.05) is 6.54 Å². The zero-order valence-corrected chi connectivity index (χ0v) is 16.2. The molecule has 0 atom stereocenters. The van der Waals surface area contributed by atoms with Crippen LogP contribution in [0.4, 0.5) is 0 Å². The smallest absolute Gasteiger partial charge is 0.263 e. The molecule has 0 radical (unpaired) electrons. The largest absolute Gasteiger partial charge is 0.355 e. The van der Waals surface area contributed by atoms with Crippen molar-refractivity contribution in [1.82, 2.24) is 14.9 Å². The van der Waals surface area contributed by atoms with Gasteiger partial charge in [-0.1, -0.05) is 31.5 Å². The van der Waals surface area contributed by atoms with Gasteiger partial charge in [0.15, 0.2) is 0 Å². The standard InChI is InChI=1S/C20H23N3O2S/c1-4-5-8-21-17(24)10-23-12-22-19-18(20(23)25)16(11-26-19)15-7-6-13(2)14(3)9-15/h6-7,9,11-12H,4-5,8,10H2,1-3H3,(H,21,24). The number of amides is 1. The third kappa shape index (κ3) is 3.70. The first-order valence-electron chi connectivity index (χ1n) is 8.82. The van der Waals surface area contributed by atoms with Crippen LogP contribution in [0.15, 0.2) is 34.7 Å². The number of aromatic nitrogens is 2. The molecular weight excluding hydrogens is 346 g/mol. The highest BCUT2D eigenvalue weighted by Gasteiger charge is 2.15. The van der Waals surface area contributed by atoms with Crippen molar-refractivity contribution in [3.8, 4) is 11.1 Å². The van der Waals surface area contributed by atoms with Gasteiger partial charge in [0, 0.05) is 17.5 Å². The fraction of sp³-hybridized carbons (Fsp3) is 0.350. The third-order valence-corrected chi connectivity index (χ3v) is 5.43. The minimum atomic E-state index is -0.171. The normalized spacial score (nSPS) is 11.0. The Labute approximate surface area is 156 Å². The van der Waals surface area contributed by atoms with E-state index >= 15 is 0 Å². The predicted octanol–water partition coefficient (Wildman–Crippen LogP) is 3.66. The van der Waals surface area contributed by atoms with Gasteiger partial charge in [-0.05, 0) is 37.0 Å². The second-order valence-electron chi connectivity index (χ2n) is 6.51. The van der Waals surface area contributed by atoms with Crippen LogP contribution in [0, 0.1) is 13.8 Å². The number of hydrogen-bond acceptors (Lipinski definition) is 4. The van der Waals surface area contributed by atoms with E-state index in [1.165, 1.54) is 33.4 Å². The van der Waals surface area contributed by atoms with E-state index in [2.05, 4.69) is 43.2 Å². The van der Waals surface area contributed by atoms with Gasteiger partial charge in [-0.3, -0.25) is 14.2 Å². The van der Waals surface area contributed by atoms with Crippen LogP contribution in [0.1, 0.15) is 30.9 Å². The summed E-state index contributed by atoms with van der Waals surface area (Å²) in [5.41, 5.74) is 4.11. The summed E-state index contributed by atoms with van der Waals surface area (Å²) in [6.45, 7) is 6.82. The number of rotatable bonds is 6. The lowest BCUT2D eigenvalue weighted by Crippen LogP contribution is -2.32. The topological polar surface area (TPSA) is 64.0 Å². The number of carbonyl (C=O) groups excluding carboxylic acids is 1. The Morgan fingerprint density at radius 1 is 1.27 bits per heavy atom. The maximum atomic E-state index is 13.0. The minimum absolute atomic E-state index is 0.00625. The van der Waals surface area contributed by atoms with E-state index in [0.29, 0.717) is 16.8 Å². The zero-order valence-electron chi connectivity index (χ0n) is 15.3.